The zero-order chi connectivity index (χ0) is 10.4. The fourth-order valence-corrected chi connectivity index (χ4v) is 0.990. The molecule has 78 valence electrons. The second kappa shape index (κ2) is 5.36. The van der Waals surface area contributed by atoms with Crippen LogP contribution in [0.3, 0.4) is 0 Å². The molecule has 1 aromatic rings. The highest BCUT2D eigenvalue weighted by Gasteiger charge is 2.14. The standard InChI is InChI=1S/C8H14N4O2/c1-14-7(4-9)8(13)10-5-6-2-3-11-12-6/h2-3,7H,4-5,9H2,1H3,(H,10,13)(H,11,12). The molecule has 0 bridgehead atoms. The van der Waals surface area contributed by atoms with Crippen molar-refractivity contribution >= 4 is 5.91 Å². The largest absolute Gasteiger partial charge is 0.370 e. The zero-order valence-electron chi connectivity index (χ0n) is 7.99. The molecule has 1 atom stereocenters. The highest BCUT2D eigenvalue weighted by Crippen LogP contribution is 1.92. The lowest BCUT2D eigenvalue weighted by Crippen LogP contribution is -2.40. The van der Waals surface area contributed by atoms with Crippen molar-refractivity contribution in [1.29, 1.82) is 0 Å². The number of methoxy groups -OCH3 is 1. The van der Waals surface area contributed by atoms with Crippen molar-refractivity contribution in [2.75, 3.05) is 13.7 Å². The molecule has 0 aliphatic carbocycles. The number of ether oxygens (including phenoxy) is 1. The van der Waals surface area contributed by atoms with Gasteiger partial charge in [-0.1, -0.05) is 0 Å². The van der Waals surface area contributed by atoms with Gasteiger partial charge in [-0.05, 0) is 6.07 Å². The number of rotatable bonds is 5. The van der Waals surface area contributed by atoms with E-state index in [4.69, 9.17) is 10.5 Å². The average molecular weight is 198 g/mol. The van der Waals surface area contributed by atoms with E-state index in [2.05, 4.69) is 15.5 Å². The first-order valence-electron chi connectivity index (χ1n) is 4.26. The van der Waals surface area contributed by atoms with Crippen molar-refractivity contribution in [3.63, 3.8) is 0 Å². The number of carbonyl (C=O) groups excluding carboxylic acids is 1. The summed E-state index contributed by atoms with van der Waals surface area (Å²) in [5.41, 5.74) is 6.17. The second-order valence-electron chi connectivity index (χ2n) is 2.76. The molecule has 4 N–H and O–H groups in total. The summed E-state index contributed by atoms with van der Waals surface area (Å²) < 4.78 is 4.87. The number of H-pyrrole nitrogens is 1. The SMILES string of the molecule is COC(CN)C(=O)NCc1ccn[nH]1. The van der Waals surface area contributed by atoms with Crippen LogP contribution >= 0.6 is 0 Å². The Morgan fingerprint density at radius 3 is 3.14 bits per heavy atom. The minimum absolute atomic E-state index is 0.172. The lowest BCUT2D eigenvalue weighted by Gasteiger charge is -2.12. The molecular weight excluding hydrogens is 184 g/mol. The van der Waals surface area contributed by atoms with Crippen LogP contribution in [0.2, 0.25) is 0 Å². The summed E-state index contributed by atoms with van der Waals surface area (Å²) in [7, 11) is 1.45. The van der Waals surface area contributed by atoms with Crippen molar-refractivity contribution in [2.45, 2.75) is 12.6 Å². The van der Waals surface area contributed by atoms with E-state index < -0.39 is 6.10 Å². The number of nitrogens with one attached hydrogen (secondary N) is 2. The Balaban J connectivity index is 2.34. The van der Waals surface area contributed by atoms with Crippen LogP contribution in [-0.2, 0) is 16.1 Å². The molecule has 0 fully saturated rings. The fourth-order valence-electron chi connectivity index (χ4n) is 0.990. The Bertz CT molecular complexity index is 269. The molecule has 0 aliphatic rings. The Kier molecular flexibility index (Phi) is 4.09. The molecule has 1 amide bonds. The number of hydrogen-bond acceptors (Lipinski definition) is 4. The molecule has 0 spiro atoms. The highest BCUT2D eigenvalue weighted by atomic mass is 16.5. The van der Waals surface area contributed by atoms with Gasteiger partial charge in [0.05, 0.1) is 12.2 Å². The van der Waals surface area contributed by atoms with Crippen molar-refractivity contribution in [2.24, 2.45) is 5.73 Å². The number of aromatic nitrogens is 2. The van der Waals surface area contributed by atoms with Crippen LogP contribution in [0.4, 0.5) is 0 Å². The van der Waals surface area contributed by atoms with Gasteiger partial charge in [0.1, 0.15) is 6.10 Å². The number of amides is 1. The first kappa shape index (κ1) is 10.7. The van der Waals surface area contributed by atoms with Crippen LogP contribution in [0.15, 0.2) is 12.3 Å². The highest BCUT2D eigenvalue weighted by molar-refractivity contribution is 5.80. The molecule has 0 aromatic carbocycles. The minimum atomic E-state index is -0.585. The predicted molar refractivity (Wildman–Crippen MR) is 50.3 cm³/mol. The first-order valence-corrected chi connectivity index (χ1v) is 4.26. The van der Waals surface area contributed by atoms with E-state index in [0.29, 0.717) is 6.54 Å². The van der Waals surface area contributed by atoms with Crippen LogP contribution < -0.4 is 11.1 Å². The summed E-state index contributed by atoms with van der Waals surface area (Å²) in [6.07, 6.45) is 1.04. The van der Waals surface area contributed by atoms with Gasteiger partial charge in [0.2, 0.25) is 0 Å². The Morgan fingerprint density at radius 2 is 2.64 bits per heavy atom. The summed E-state index contributed by atoms with van der Waals surface area (Å²) in [5.74, 6) is -0.218. The summed E-state index contributed by atoms with van der Waals surface area (Å²) in [5, 5.41) is 9.16. The molecule has 0 saturated heterocycles. The second-order valence-corrected chi connectivity index (χ2v) is 2.76. The summed E-state index contributed by atoms with van der Waals surface area (Å²) >= 11 is 0. The monoisotopic (exact) mass is 198 g/mol. The van der Waals surface area contributed by atoms with Crippen molar-refractivity contribution < 1.29 is 9.53 Å². The van der Waals surface area contributed by atoms with Crippen LogP contribution in [-0.4, -0.2) is 35.9 Å². The van der Waals surface area contributed by atoms with Gasteiger partial charge < -0.3 is 15.8 Å². The molecule has 1 heterocycles. The molecular formula is C8H14N4O2. The third-order valence-corrected chi connectivity index (χ3v) is 1.80. The van der Waals surface area contributed by atoms with Crippen LogP contribution in [0, 0.1) is 0 Å². The van der Waals surface area contributed by atoms with E-state index in [9.17, 15) is 4.79 Å². The summed E-state index contributed by atoms with van der Waals surface area (Å²) in [6, 6.07) is 1.78. The predicted octanol–water partition coefficient (Wildman–Crippen LogP) is -1.00. The topological polar surface area (TPSA) is 93.0 Å². The van der Waals surface area contributed by atoms with Gasteiger partial charge in [0.25, 0.3) is 5.91 Å². The number of aromatic amines is 1. The average Bonchev–Trinajstić information content (AvgIpc) is 2.69. The van der Waals surface area contributed by atoms with E-state index >= 15 is 0 Å². The Labute approximate surface area is 81.8 Å². The molecule has 1 unspecified atom stereocenters. The lowest BCUT2D eigenvalue weighted by atomic mass is 10.3. The number of nitrogens with zero attached hydrogens (tertiary/aromatic N) is 1. The van der Waals surface area contributed by atoms with Crippen LogP contribution in [0.5, 0.6) is 0 Å². The zero-order valence-corrected chi connectivity index (χ0v) is 7.99. The molecule has 0 radical (unpaired) electrons. The van der Waals surface area contributed by atoms with Gasteiger partial charge in [-0.15, -0.1) is 0 Å². The van der Waals surface area contributed by atoms with Gasteiger partial charge in [-0.2, -0.15) is 5.10 Å². The van der Waals surface area contributed by atoms with Gasteiger partial charge in [0.15, 0.2) is 0 Å². The maximum atomic E-state index is 11.4. The van der Waals surface area contributed by atoms with Crippen molar-refractivity contribution in [3.05, 3.63) is 18.0 Å². The minimum Gasteiger partial charge on any atom is -0.370 e. The van der Waals surface area contributed by atoms with E-state index in [1.165, 1.54) is 7.11 Å². The van der Waals surface area contributed by atoms with Crippen molar-refractivity contribution in [1.82, 2.24) is 15.5 Å². The maximum absolute atomic E-state index is 11.4. The molecule has 6 nitrogen and oxygen atoms in total. The smallest absolute Gasteiger partial charge is 0.250 e. The van der Waals surface area contributed by atoms with Gasteiger partial charge in [-0.3, -0.25) is 9.89 Å². The molecule has 1 aromatic heterocycles. The molecule has 0 saturated carbocycles. The molecule has 1 rings (SSSR count). The van der Waals surface area contributed by atoms with E-state index in [1.807, 2.05) is 0 Å². The third kappa shape index (κ3) is 2.82. The first-order chi connectivity index (χ1) is 6.77. The maximum Gasteiger partial charge on any atom is 0.250 e. The lowest BCUT2D eigenvalue weighted by molar-refractivity contribution is -0.130. The summed E-state index contributed by atoms with van der Waals surface area (Å²) in [6.45, 7) is 0.573. The van der Waals surface area contributed by atoms with Crippen LogP contribution in [0.1, 0.15) is 5.69 Å². The normalized spacial score (nSPS) is 12.4. The van der Waals surface area contributed by atoms with Gasteiger partial charge >= 0.3 is 0 Å². The van der Waals surface area contributed by atoms with E-state index in [0.717, 1.165) is 5.69 Å². The van der Waals surface area contributed by atoms with Crippen molar-refractivity contribution in [3.8, 4) is 0 Å². The number of carbonyl (C=O) groups is 1. The molecule has 0 aliphatic heterocycles. The fraction of sp³-hybridized carbons (Fsp3) is 0.500. The van der Waals surface area contributed by atoms with Gasteiger partial charge in [0, 0.05) is 19.9 Å². The summed E-state index contributed by atoms with van der Waals surface area (Å²) in [4.78, 5) is 11.4. The number of hydrogen-bond donors (Lipinski definition) is 3. The Hall–Kier alpha value is -1.40. The molecule has 6 heteroatoms. The van der Waals surface area contributed by atoms with Gasteiger partial charge in [-0.25, -0.2) is 0 Å². The van der Waals surface area contributed by atoms with E-state index in [1.54, 1.807) is 12.3 Å². The van der Waals surface area contributed by atoms with Crippen LogP contribution in [0.25, 0.3) is 0 Å². The molecule has 14 heavy (non-hydrogen) atoms. The Morgan fingerprint density at radius 1 is 1.86 bits per heavy atom. The third-order valence-electron chi connectivity index (χ3n) is 1.80. The quantitative estimate of drug-likeness (QED) is 0.565. The van der Waals surface area contributed by atoms with E-state index in [-0.39, 0.29) is 12.5 Å². The number of nitrogens with two attached hydrogens (primary N) is 1.